The summed E-state index contributed by atoms with van der Waals surface area (Å²) in [6, 6.07) is 1.33. The summed E-state index contributed by atoms with van der Waals surface area (Å²) in [4.78, 5) is 4.64. The minimum Gasteiger partial charge on any atom is -0.374 e. The molecule has 0 bridgehead atoms. The maximum Gasteiger partial charge on any atom is 0.0829 e. The normalized spacial score (nSPS) is 24.2. The van der Waals surface area contributed by atoms with Crippen LogP contribution in [0.25, 0.3) is 0 Å². The molecular weight excluding hydrogens is 220 g/mol. The summed E-state index contributed by atoms with van der Waals surface area (Å²) in [5, 5.41) is 3.48. The number of halogens is 1. The van der Waals surface area contributed by atoms with Crippen molar-refractivity contribution in [2.75, 3.05) is 0 Å². The van der Waals surface area contributed by atoms with Crippen LogP contribution in [0.4, 0.5) is 0 Å². The first-order valence-electron chi connectivity index (χ1n) is 6.73. The predicted octanol–water partition coefficient (Wildman–Crippen LogP) is 3.69. The van der Waals surface area contributed by atoms with E-state index in [4.69, 9.17) is 0 Å². The van der Waals surface area contributed by atoms with E-state index in [-0.39, 0.29) is 12.4 Å². The molecule has 0 aliphatic heterocycles. The van der Waals surface area contributed by atoms with Crippen LogP contribution in [-0.2, 0) is 0 Å². The van der Waals surface area contributed by atoms with Crippen molar-refractivity contribution in [3.63, 3.8) is 0 Å². The van der Waals surface area contributed by atoms with Crippen molar-refractivity contribution < 1.29 is 0 Å². The third-order valence-electron chi connectivity index (χ3n) is 3.78. The number of hydrogen-bond donors (Lipinski definition) is 1. The van der Waals surface area contributed by atoms with Crippen molar-refractivity contribution in [1.29, 1.82) is 0 Å². The van der Waals surface area contributed by atoms with Gasteiger partial charge >= 0.3 is 0 Å². The van der Waals surface area contributed by atoms with Gasteiger partial charge in [0.2, 0.25) is 0 Å². The van der Waals surface area contributed by atoms with Gasteiger partial charge in [-0.25, -0.2) is 0 Å². The van der Waals surface area contributed by atoms with E-state index < -0.39 is 0 Å². The molecule has 2 nitrogen and oxygen atoms in total. The summed E-state index contributed by atoms with van der Waals surface area (Å²) in [6.45, 7) is 0. The molecule has 2 aliphatic rings. The SMILES string of the molecule is C(=NC1CCCCC1)NC1CCCCC1.Cl. The fraction of sp³-hybridized carbons (Fsp3) is 0.923. The molecule has 3 heteroatoms. The van der Waals surface area contributed by atoms with Gasteiger partial charge in [0.05, 0.1) is 12.4 Å². The van der Waals surface area contributed by atoms with Crippen molar-refractivity contribution in [3.05, 3.63) is 0 Å². The Hall–Kier alpha value is -0.240. The number of hydrogen-bond acceptors (Lipinski definition) is 1. The lowest BCUT2D eigenvalue weighted by atomic mass is 9.95. The van der Waals surface area contributed by atoms with Crippen LogP contribution in [0.1, 0.15) is 64.2 Å². The Morgan fingerprint density at radius 1 is 0.812 bits per heavy atom. The molecule has 0 aromatic heterocycles. The highest BCUT2D eigenvalue weighted by molar-refractivity contribution is 5.85. The Kier molecular flexibility index (Phi) is 6.86. The average molecular weight is 245 g/mol. The zero-order valence-electron chi connectivity index (χ0n) is 10.2. The molecular formula is C13H25ClN2. The van der Waals surface area contributed by atoms with Gasteiger partial charge in [-0.2, -0.15) is 0 Å². The highest BCUT2D eigenvalue weighted by Gasteiger charge is 2.12. The maximum absolute atomic E-state index is 4.64. The molecule has 0 spiro atoms. The molecule has 2 rings (SSSR count). The number of nitrogens with zero attached hydrogens (tertiary/aromatic N) is 1. The summed E-state index contributed by atoms with van der Waals surface area (Å²) in [5.41, 5.74) is 0. The van der Waals surface area contributed by atoms with E-state index in [9.17, 15) is 0 Å². The van der Waals surface area contributed by atoms with E-state index in [1.807, 2.05) is 6.34 Å². The number of rotatable bonds is 3. The molecule has 0 saturated heterocycles. The highest BCUT2D eigenvalue weighted by Crippen LogP contribution is 2.20. The van der Waals surface area contributed by atoms with Crippen LogP contribution in [0.3, 0.4) is 0 Å². The Morgan fingerprint density at radius 2 is 1.38 bits per heavy atom. The van der Waals surface area contributed by atoms with E-state index in [0.29, 0.717) is 12.1 Å². The first kappa shape index (κ1) is 13.8. The summed E-state index contributed by atoms with van der Waals surface area (Å²) in [5.74, 6) is 0. The van der Waals surface area contributed by atoms with Crippen LogP contribution in [0.15, 0.2) is 4.99 Å². The molecule has 0 aromatic rings. The minimum atomic E-state index is 0. The molecule has 16 heavy (non-hydrogen) atoms. The fourth-order valence-electron chi connectivity index (χ4n) is 2.75. The number of nitrogens with one attached hydrogen (secondary N) is 1. The molecule has 0 radical (unpaired) electrons. The number of aliphatic imine (C=N–C) groups is 1. The van der Waals surface area contributed by atoms with E-state index >= 15 is 0 Å². The fourth-order valence-corrected chi connectivity index (χ4v) is 2.75. The third-order valence-corrected chi connectivity index (χ3v) is 3.78. The quantitative estimate of drug-likeness (QED) is 0.594. The van der Waals surface area contributed by atoms with Gasteiger partial charge in [0.1, 0.15) is 0 Å². The summed E-state index contributed by atoms with van der Waals surface area (Å²) < 4.78 is 0. The van der Waals surface area contributed by atoms with Crippen molar-refractivity contribution >= 4 is 18.7 Å². The lowest BCUT2D eigenvalue weighted by Crippen LogP contribution is -2.30. The average Bonchev–Trinajstić information content (AvgIpc) is 2.32. The molecule has 0 atom stereocenters. The lowest BCUT2D eigenvalue weighted by Gasteiger charge is -2.22. The molecule has 2 saturated carbocycles. The van der Waals surface area contributed by atoms with Gasteiger partial charge in [-0.1, -0.05) is 38.5 Å². The van der Waals surface area contributed by atoms with E-state index in [1.165, 1.54) is 64.2 Å². The molecule has 94 valence electrons. The van der Waals surface area contributed by atoms with E-state index in [0.717, 1.165) is 0 Å². The Labute approximate surface area is 106 Å². The molecule has 0 unspecified atom stereocenters. The predicted molar refractivity (Wildman–Crippen MR) is 72.6 cm³/mol. The molecule has 0 amide bonds. The maximum atomic E-state index is 4.64. The van der Waals surface area contributed by atoms with Crippen LogP contribution in [0.5, 0.6) is 0 Å². The second kappa shape index (κ2) is 7.94. The van der Waals surface area contributed by atoms with Crippen molar-refractivity contribution in [1.82, 2.24) is 5.32 Å². The van der Waals surface area contributed by atoms with Gasteiger partial charge in [-0.05, 0) is 25.7 Å². The van der Waals surface area contributed by atoms with Gasteiger partial charge in [0.15, 0.2) is 0 Å². The third kappa shape index (κ3) is 4.73. The van der Waals surface area contributed by atoms with Gasteiger partial charge in [-0.3, -0.25) is 4.99 Å². The largest absolute Gasteiger partial charge is 0.374 e. The molecule has 0 aromatic carbocycles. The van der Waals surface area contributed by atoms with E-state index in [1.54, 1.807) is 0 Å². The zero-order chi connectivity index (χ0) is 10.3. The summed E-state index contributed by atoms with van der Waals surface area (Å²) >= 11 is 0. The van der Waals surface area contributed by atoms with Crippen LogP contribution in [0.2, 0.25) is 0 Å². The smallest absolute Gasteiger partial charge is 0.0829 e. The monoisotopic (exact) mass is 244 g/mol. The van der Waals surface area contributed by atoms with Gasteiger partial charge in [0, 0.05) is 6.04 Å². The van der Waals surface area contributed by atoms with Crippen molar-refractivity contribution in [3.8, 4) is 0 Å². The molecule has 2 fully saturated rings. The van der Waals surface area contributed by atoms with Crippen LogP contribution in [-0.4, -0.2) is 18.4 Å². The molecule has 0 heterocycles. The van der Waals surface area contributed by atoms with E-state index in [2.05, 4.69) is 10.3 Å². The van der Waals surface area contributed by atoms with Crippen LogP contribution < -0.4 is 5.32 Å². The Morgan fingerprint density at radius 3 is 2.00 bits per heavy atom. The summed E-state index contributed by atoms with van der Waals surface area (Å²) in [6.07, 6.45) is 15.7. The Bertz CT molecular complexity index is 194. The van der Waals surface area contributed by atoms with Crippen LogP contribution in [0, 0.1) is 0 Å². The lowest BCUT2D eigenvalue weighted by molar-refractivity contribution is 0.412. The highest BCUT2D eigenvalue weighted by atomic mass is 35.5. The zero-order valence-corrected chi connectivity index (χ0v) is 11.0. The van der Waals surface area contributed by atoms with Crippen molar-refractivity contribution in [2.24, 2.45) is 4.99 Å². The molecule has 2 aliphatic carbocycles. The van der Waals surface area contributed by atoms with Gasteiger partial charge < -0.3 is 5.32 Å². The molecule has 1 N–H and O–H groups in total. The second-order valence-electron chi connectivity index (χ2n) is 5.07. The van der Waals surface area contributed by atoms with Gasteiger partial charge in [0.25, 0.3) is 0 Å². The van der Waals surface area contributed by atoms with Gasteiger partial charge in [-0.15, -0.1) is 12.4 Å². The standard InChI is InChI=1S/C13H24N2.ClH/c1-3-7-12(8-4-1)14-11-15-13-9-5-2-6-10-13;/h11-13H,1-10H2,(H,14,15);1H. The minimum absolute atomic E-state index is 0. The van der Waals surface area contributed by atoms with Crippen LogP contribution >= 0.6 is 12.4 Å². The first-order chi connectivity index (χ1) is 7.45. The summed E-state index contributed by atoms with van der Waals surface area (Å²) in [7, 11) is 0. The topological polar surface area (TPSA) is 24.4 Å². The second-order valence-corrected chi connectivity index (χ2v) is 5.07. The van der Waals surface area contributed by atoms with Crippen molar-refractivity contribution in [2.45, 2.75) is 76.3 Å². The Balaban J connectivity index is 0.00000128. The first-order valence-corrected chi connectivity index (χ1v) is 6.73.